The minimum absolute atomic E-state index is 0.0483. The highest BCUT2D eigenvalue weighted by molar-refractivity contribution is 5.11. The largest absolute Gasteiger partial charge is 0.393 e. The van der Waals surface area contributed by atoms with Gasteiger partial charge >= 0.3 is 0 Å². The normalized spacial score (nSPS) is 51.0. The maximum atomic E-state index is 10.5. The second-order valence-electron chi connectivity index (χ2n) is 12.7. The minimum atomic E-state index is -0.0483. The van der Waals surface area contributed by atoms with Gasteiger partial charge in [0.15, 0.2) is 0 Å². The van der Waals surface area contributed by atoms with Crippen molar-refractivity contribution >= 4 is 0 Å². The summed E-state index contributed by atoms with van der Waals surface area (Å²) in [5, 5.41) is 10.5. The molecule has 0 aliphatic heterocycles. The van der Waals surface area contributed by atoms with Crippen LogP contribution in [0.2, 0.25) is 0 Å². The Hall–Kier alpha value is -0.300. The van der Waals surface area contributed by atoms with Crippen molar-refractivity contribution in [1.82, 2.24) is 0 Å². The fraction of sp³-hybridized carbons (Fsp3) is 0.929. The molecule has 10 unspecified atom stereocenters. The van der Waals surface area contributed by atoms with Crippen molar-refractivity contribution in [2.45, 2.75) is 105 Å². The lowest BCUT2D eigenvalue weighted by atomic mass is 9.43. The first-order valence-corrected chi connectivity index (χ1v) is 13.0. The number of fused-ring (bicyclic) bond motifs is 5. The van der Waals surface area contributed by atoms with Gasteiger partial charge in [-0.15, -0.1) is 0 Å². The summed E-state index contributed by atoms with van der Waals surface area (Å²) in [4.78, 5) is 0. The van der Waals surface area contributed by atoms with Crippen LogP contribution in [0.25, 0.3) is 0 Å². The monoisotopic (exact) mass is 400 g/mol. The van der Waals surface area contributed by atoms with Crippen LogP contribution in [-0.4, -0.2) is 11.2 Å². The van der Waals surface area contributed by atoms with E-state index < -0.39 is 0 Å². The molecule has 10 atom stereocenters. The van der Waals surface area contributed by atoms with E-state index in [0.29, 0.717) is 16.7 Å². The van der Waals surface area contributed by atoms with E-state index in [2.05, 4.69) is 53.7 Å². The second kappa shape index (κ2) is 7.99. The predicted molar refractivity (Wildman–Crippen MR) is 124 cm³/mol. The molecule has 0 spiro atoms. The summed E-state index contributed by atoms with van der Waals surface area (Å²) in [7, 11) is 0. The van der Waals surface area contributed by atoms with E-state index in [0.717, 1.165) is 47.8 Å². The maximum absolute atomic E-state index is 10.5. The summed E-state index contributed by atoms with van der Waals surface area (Å²) >= 11 is 0. The molecule has 29 heavy (non-hydrogen) atoms. The zero-order chi connectivity index (χ0) is 21.0. The van der Waals surface area contributed by atoms with Gasteiger partial charge < -0.3 is 5.11 Å². The van der Waals surface area contributed by atoms with Gasteiger partial charge in [-0.1, -0.05) is 53.7 Å². The van der Waals surface area contributed by atoms with E-state index in [1.807, 2.05) is 0 Å². The van der Waals surface area contributed by atoms with Gasteiger partial charge in [0, 0.05) is 0 Å². The Bertz CT molecular complexity index is 607. The van der Waals surface area contributed by atoms with Gasteiger partial charge in [-0.25, -0.2) is 0 Å². The van der Waals surface area contributed by atoms with E-state index in [9.17, 15) is 5.11 Å². The van der Waals surface area contributed by atoms with Gasteiger partial charge in [-0.3, -0.25) is 0 Å². The van der Waals surface area contributed by atoms with Crippen molar-refractivity contribution in [3.8, 4) is 0 Å². The molecular weight excluding hydrogens is 352 g/mol. The highest BCUT2D eigenvalue weighted by atomic mass is 16.3. The molecule has 0 aromatic heterocycles. The first kappa shape index (κ1) is 21.9. The smallest absolute Gasteiger partial charge is 0.0568 e. The van der Waals surface area contributed by atoms with Crippen molar-refractivity contribution in [3.63, 3.8) is 0 Å². The number of rotatable bonds is 4. The number of aliphatic hydroxyl groups excluding tert-OH is 1. The first-order valence-electron chi connectivity index (χ1n) is 13.0. The lowest BCUT2D eigenvalue weighted by Crippen LogP contribution is -2.56. The van der Waals surface area contributed by atoms with E-state index in [4.69, 9.17) is 0 Å². The van der Waals surface area contributed by atoms with Crippen molar-refractivity contribution in [1.29, 1.82) is 0 Å². The molecule has 4 aliphatic carbocycles. The van der Waals surface area contributed by atoms with Crippen molar-refractivity contribution < 1.29 is 5.11 Å². The van der Waals surface area contributed by atoms with Gasteiger partial charge in [-0.2, -0.15) is 0 Å². The Labute approximate surface area is 181 Å². The lowest BCUT2D eigenvalue weighted by Gasteiger charge is -2.62. The lowest BCUT2D eigenvalue weighted by molar-refractivity contribution is -0.148. The van der Waals surface area contributed by atoms with Crippen LogP contribution >= 0.6 is 0 Å². The molecule has 0 aromatic rings. The Morgan fingerprint density at radius 1 is 0.862 bits per heavy atom. The Kier molecular flexibility index (Phi) is 6.04. The van der Waals surface area contributed by atoms with Crippen LogP contribution in [0.4, 0.5) is 0 Å². The van der Waals surface area contributed by atoms with Crippen LogP contribution in [-0.2, 0) is 0 Å². The van der Waals surface area contributed by atoms with Gasteiger partial charge in [0.25, 0.3) is 0 Å². The van der Waals surface area contributed by atoms with Crippen molar-refractivity contribution in [2.75, 3.05) is 0 Å². The first-order chi connectivity index (χ1) is 13.7. The molecule has 0 aromatic carbocycles. The van der Waals surface area contributed by atoms with Crippen molar-refractivity contribution in [2.24, 2.45) is 58.2 Å². The molecule has 1 heteroatoms. The highest BCUT2D eigenvalue weighted by Gasteiger charge is 2.61. The average molecular weight is 401 g/mol. The number of hydrogen-bond donors (Lipinski definition) is 1. The molecule has 4 saturated carbocycles. The van der Waals surface area contributed by atoms with Gasteiger partial charge in [-0.05, 0) is 116 Å². The third-order valence-corrected chi connectivity index (χ3v) is 10.9. The molecule has 0 heterocycles. The molecule has 1 N–H and O–H groups in total. The molecule has 1 nitrogen and oxygen atoms in total. The molecule has 0 saturated heterocycles. The minimum Gasteiger partial charge on any atom is -0.393 e. The molecule has 0 amide bonds. The fourth-order valence-corrected chi connectivity index (χ4v) is 9.31. The fourth-order valence-electron chi connectivity index (χ4n) is 9.31. The standard InChI is InChI=1S/C28H48O/c1-18(2)8-7-9-19(3)22-12-13-24-21-10-11-23-20(4)26(29)15-17-28(23,6)25(21)14-16-27(22,24)5/h7,9,18-26,29H,8,10-17H2,1-6H3. The number of hydrogen-bond acceptors (Lipinski definition) is 1. The summed E-state index contributed by atoms with van der Waals surface area (Å²) in [6.07, 6.45) is 17.2. The van der Waals surface area contributed by atoms with Gasteiger partial charge in [0.2, 0.25) is 0 Å². The van der Waals surface area contributed by atoms with Crippen LogP contribution in [0.5, 0.6) is 0 Å². The molecule has 0 bridgehead atoms. The van der Waals surface area contributed by atoms with Gasteiger partial charge in [0.1, 0.15) is 0 Å². The van der Waals surface area contributed by atoms with E-state index in [-0.39, 0.29) is 6.10 Å². The number of allylic oxidation sites excluding steroid dienone is 2. The molecule has 0 radical (unpaired) electrons. The topological polar surface area (TPSA) is 20.2 Å². The zero-order valence-corrected chi connectivity index (χ0v) is 20.2. The SMILES string of the molecule is CC(C)CC=CC(C)C1CCC2C3CCC4C(C)C(O)CCC4(C)C3CCC12C. The third kappa shape index (κ3) is 3.56. The summed E-state index contributed by atoms with van der Waals surface area (Å²) in [5.74, 6) is 6.47. The van der Waals surface area contributed by atoms with E-state index in [1.165, 1.54) is 51.4 Å². The maximum Gasteiger partial charge on any atom is 0.0568 e. The zero-order valence-electron chi connectivity index (χ0n) is 20.2. The third-order valence-electron chi connectivity index (χ3n) is 10.9. The molecule has 4 fully saturated rings. The second-order valence-corrected chi connectivity index (χ2v) is 12.7. The Morgan fingerprint density at radius 2 is 1.52 bits per heavy atom. The van der Waals surface area contributed by atoms with E-state index >= 15 is 0 Å². The van der Waals surface area contributed by atoms with Crippen molar-refractivity contribution in [3.05, 3.63) is 12.2 Å². The average Bonchev–Trinajstić information content (AvgIpc) is 3.02. The summed E-state index contributed by atoms with van der Waals surface area (Å²) in [6.45, 7) is 14.8. The van der Waals surface area contributed by atoms with Crippen LogP contribution < -0.4 is 0 Å². The van der Waals surface area contributed by atoms with Crippen LogP contribution in [0.15, 0.2) is 12.2 Å². The summed E-state index contributed by atoms with van der Waals surface area (Å²) in [5.41, 5.74) is 1.05. The number of aliphatic hydroxyl groups is 1. The molecule has 4 rings (SSSR count). The highest BCUT2D eigenvalue weighted by Crippen LogP contribution is 2.68. The Balaban J connectivity index is 1.51. The Morgan fingerprint density at radius 3 is 2.24 bits per heavy atom. The molecular formula is C28H48O. The van der Waals surface area contributed by atoms with Gasteiger partial charge in [0.05, 0.1) is 6.10 Å². The summed E-state index contributed by atoms with van der Waals surface area (Å²) < 4.78 is 0. The predicted octanol–water partition coefficient (Wildman–Crippen LogP) is 7.49. The quantitative estimate of drug-likeness (QED) is 0.485. The molecule has 4 aliphatic rings. The van der Waals surface area contributed by atoms with Crippen LogP contribution in [0.1, 0.15) is 99.3 Å². The summed E-state index contributed by atoms with van der Waals surface area (Å²) in [6, 6.07) is 0. The molecule has 166 valence electrons. The van der Waals surface area contributed by atoms with E-state index in [1.54, 1.807) is 0 Å². The van der Waals surface area contributed by atoms with Crippen LogP contribution in [0, 0.1) is 58.2 Å². The van der Waals surface area contributed by atoms with Crippen LogP contribution in [0.3, 0.4) is 0 Å².